The Hall–Kier alpha value is -1.37. The highest BCUT2D eigenvalue weighted by atomic mass is 16.7. The lowest BCUT2D eigenvalue weighted by molar-refractivity contribution is -0.165. The van der Waals surface area contributed by atoms with Crippen LogP contribution >= 0.6 is 0 Å². The van der Waals surface area contributed by atoms with Crippen LogP contribution in [0, 0.1) is 23.2 Å². The molecular formula is C21H28O6. The fourth-order valence-corrected chi connectivity index (χ4v) is 6.26. The number of hydrogen-bond donors (Lipinski definition) is 2. The Morgan fingerprint density at radius 3 is 2.85 bits per heavy atom. The second-order valence-corrected chi connectivity index (χ2v) is 9.27. The van der Waals surface area contributed by atoms with Gasteiger partial charge in [-0.3, -0.25) is 4.79 Å². The summed E-state index contributed by atoms with van der Waals surface area (Å²) in [6.07, 6.45) is 5.42. The van der Waals surface area contributed by atoms with Gasteiger partial charge in [0.15, 0.2) is 0 Å². The summed E-state index contributed by atoms with van der Waals surface area (Å²) >= 11 is 0. The zero-order chi connectivity index (χ0) is 19.0. The second-order valence-electron chi connectivity index (χ2n) is 9.27. The molecule has 1 saturated carbocycles. The van der Waals surface area contributed by atoms with Crippen LogP contribution in [0.4, 0.5) is 0 Å². The highest BCUT2D eigenvalue weighted by Crippen LogP contribution is 2.56. The molecule has 8 atom stereocenters. The lowest BCUT2D eigenvalue weighted by Gasteiger charge is -2.50. The summed E-state index contributed by atoms with van der Waals surface area (Å²) in [5, 5.41) is 20.5. The minimum absolute atomic E-state index is 0.0411. The van der Waals surface area contributed by atoms with Crippen LogP contribution in [0.1, 0.15) is 46.0 Å². The molecule has 0 bridgehead atoms. The Balaban J connectivity index is 1.50. The summed E-state index contributed by atoms with van der Waals surface area (Å²) in [5.41, 5.74) is 2.04. The molecule has 6 heteroatoms. The van der Waals surface area contributed by atoms with Gasteiger partial charge in [-0.2, -0.15) is 0 Å². The van der Waals surface area contributed by atoms with Gasteiger partial charge in [0.05, 0.1) is 36.9 Å². The van der Waals surface area contributed by atoms with E-state index in [0.29, 0.717) is 25.9 Å². The second kappa shape index (κ2) is 5.82. The van der Waals surface area contributed by atoms with Crippen molar-refractivity contribution >= 4 is 5.97 Å². The van der Waals surface area contributed by atoms with Crippen LogP contribution in [0.15, 0.2) is 23.5 Å². The third-order valence-corrected chi connectivity index (χ3v) is 7.79. The van der Waals surface area contributed by atoms with Gasteiger partial charge in [-0.25, -0.2) is 0 Å². The predicted octanol–water partition coefficient (Wildman–Crippen LogP) is 2.05. The first-order chi connectivity index (χ1) is 12.8. The maximum atomic E-state index is 13.1. The Morgan fingerprint density at radius 1 is 1.22 bits per heavy atom. The summed E-state index contributed by atoms with van der Waals surface area (Å²) in [7, 11) is 0. The standard InChI is InChI=1S/C21H28O6/c1-20-8-16(23)15(22)7-12(20)4-5-13-14(20)6-3-11-9-25-21(2)18(11)17(10-26-21)27-19(13)24/h4,9,13-18,22-23H,3,5-8,10H2,1-2H3. The van der Waals surface area contributed by atoms with Crippen LogP contribution in [0.25, 0.3) is 0 Å². The molecule has 0 aromatic carbocycles. The lowest BCUT2D eigenvalue weighted by atomic mass is 9.55. The molecule has 2 aliphatic carbocycles. The van der Waals surface area contributed by atoms with E-state index in [1.165, 1.54) is 5.57 Å². The Kier molecular flexibility index (Phi) is 3.81. The highest BCUT2D eigenvalue weighted by molar-refractivity contribution is 5.74. The van der Waals surface area contributed by atoms with Gasteiger partial charge in [-0.05, 0) is 49.0 Å². The number of fused-ring (bicyclic) bond motifs is 3. The number of aliphatic hydroxyl groups is 2. The molecular weight excluding hydrogens is 348 g/mol. The van der Waals surface area contributed by atoms with Crippen molar-refractivity contribution in [1.82, 2.24) is 0 Å². The van der Waals surface area contributed by atoms with E-state index in [1.54, 1.807) is 6.26 Å². The van der Waals surface area contributed by atoms with Crippen molar-refractivity contribution in [3.63, 3.8) is 0 Å². The fourth-order valence-electron chi connectivity index (χ4n) is 6.26. The molecule has 8 unspecified atom stereocenters. The van der Waals surface area contributed by atoms with Crippen molar-refractivity contribution in [2.24, 2.45) is 23.2 Å². The van der Waals surface area contributed by atoms with E-state index in [9.17, 15) is 15.0 Å². The maximum absolute atomic E-state index is 13.1. The van der Waals surface area contributed by atoms with Gasteiger partial charge >= 0.3 is 5.97 Å². The SMILES string of the molecule is CC12OC=C3CCC4C(CC=C5CC(O)C(O)CC54C)C(=O)OC(CO1)C32. The first kappa shape index (κ1) is 17.7. The molecule has 3 heterocycles. The minimum Gasteiger partial charge on any atom is -0.469 e. The summed E-state index contributed by atoms with van der Waals surface area (Å²) in [4.78, 5) is 13.1. The molecule has 3 aliphatic heterocycles. The molecule has 148 valence electrons. The summed E-state index contributed by atoms with van der Waals surface area (Å²) in [6, 6.07) is 0. The van der Waals surface area contributed by atoms with Crippen LogP contribution < -0.4 is 0 Å². The average Bonchev–Trinajstić information content (AvgIpc) is 3.11. The molecule has 5 aliphatic rings. The van der Waals surface area contributed by atoms with Crippen molar-refractivity contribution in [3.05, 3.63) is 23.5 Å². The first-order valence-corrected chi connectivity index (χ1v) is 10.1. The summed E-state index contributed by atoms with van der Waals surface area (Å²) in [5.74, 6) is -1.06. The molecule has 6 nitrogen and oxygen atoms in total. The number of aliphatic hydroxyl groups excluding tert-OH is 2. The van der Waals surface area contributed by atoms with E-state index in [4.69, 9.17) is 14.2 Å². The number of hydrogen-bond acceptors (Lipinski definition) is 6. The third-order valence-electron chi connectivity index (χ3n) is 7.79. The van der Waals surface area contributed by atoms with Gasteiger partial charge in [-0.1, -0.05) is 18.6 Å². The minimum atomic E-state index is -0.750. The van der Waals surface area contributed by atoms with E-state index >= 15 is 0 Å². The Bertz CT molecular complexity index is 728. The van der Waals surface area contributed by atoms with Gasteiger partial charge in [-0.15, -0.1) is 0 Å². The number of rotatable bonds is 0. The topological polar surface area (TPSA) is 85.2 Å². The van der Waals surface area contributed by atoms with Crippen LogP contribution in [0.5, 0.6) is 0 Å². The monoisotopic (exact) mass is 376 g/mol. The molecule has 3 fully saturated rings. The first-order valence-electron chi connectivity index (χ1n) is 10.1. The molecule has 5 rings (SSSR count). The highest BCUT2D eigenvalue weighted by Gasteiger charge is 2.58. The van der Waals surface area contributed by atoms with Crippen molar-refractivity contribution in [1.29, 1.82) is 0 Å². The van der Waals surface area contributed by atoms with Crippen LogP contribution in [-0.2, 0) is 19.0 Å². The summed E-state index contributed by atoms with van der Waals surface area (Å²) in [6.45, 7) is 4.42. The molecule has 0 aromatic heterocycles. The van der Waals surface area contributed by atoms with E-state index in [-0.39, 0.29) is 35.2 Å². The molecule has 0 amide bonds. The molecule has 0 aromatic rings. The fraction of sp³-hybridized carbons (Fsp3) is 0.762. The number of carbonyl (C=O) groups is 1. The molecule has 2 saturated heterocycles. The third kappa shape index (κ3) is 2.46. The van der Waals surface area contributed by atoms with E-state index in [0.717, 1.165) is 18.4 Å². The zero-order valence-corrected chi connectivity index (χ0v) is 15.9. The predicted molar refractivity (Wildman–Crippen MR) is 95.2 cm³/mol. The van der Waals surface area contributed by atoms with Crippen LogP contribution in [0.3, 0.4) is 0 Å². The lowest BCUT2D eigenvalue weighted by Crippen LogP contribution is -2.49. The molecule has 27 heavy (non-hydrogen) atoms. The van der Waals surface area contributed by atoms with E-state index in [1.807, 2.05) is 6.92 Å². The van der Waals surface area contributed by atoms with Gasteiger partial charge < -0.3 is 24.4 Å². The number of esters is 1. The zero-order valence-electron chi connectivity index (χ0n) is 15.9. The Labute approximate surface area is 159 Å². The van der Waals surface area contributed by atoms with Crippen molar-refractivity contribution < 1.29 is 29.2 Å². The maximum Gasteiger partial charge on any atom is 0.309 e. The average molecular weight is 376 g/mol. The smallest absolute Gasteiger partial charge is 0.309 e. The number of ether oxygens (including phenoxy) is 3. The summed E-state index contributed by atoms with van der Waals surface area (Å²) < 4.78 is 17.6. The molecule has 0 radical (unpaired) electrons. The van der Waals surface area contributed by atoms with E-state index in [2.05, 4.69) is 13.0 Å². The van der Waals surface area contributed by atoms with Gasteiger partial charge in [0.2, 0.25) is 5.79 Å². The van der Waals surface area contributed by atoms with E-state index < -0.39 is 18.0 Å². The van der Waals surface area contributed by atoms with Crippen LogP contribution in [-0.4, -0.2) is 46.9 Å². The largest absolute Gasteiger partial charge is 0.469 e. The Morgan fingerprint density at radius 2 is 2.04 bits per heavy atom. The molecule has 2 N–H and O–H groups in total. The van der Waals surface area contributed by atoms with Gasteiger partial charge in [0, 0.05) is 6.92 Å². The van der Waals surface area contributed by atoms with Crippen molar-refractivity contribution in [2.75, 3.05) is 6.61 Å². The van der Waals surface area contributed by atoms with Crippen molar-refractivity contribution in [2.45, 2.75) is 70.1 Å². The van der Waals surface area contributed by atoms with Gasteiger partial charge in [0.25, 0.3) is 0 Å². The van der Waals surface area contributed by atoms with Gasteiger partial charge in [0.1, 0.15) is 6.10 Å². The van der Waals surface area contributed by atoms with Crippen molar-refractivity contribution in [3.8, 4) is 0 Å². The van der Waals surface area contributed by atoms with Crippen LogP contribution in [0.2, 0.25) is 0 Å². The quantitative estimate of drug-likeness (QED) is 0.497. The normalized spacial score (nSPS) is 51.3. The number of allylic oxidation sites excluding steroid dienone is 1. The number of carbonyl (C=O) groups excluding carboxylic acids is 1. The molecule has 0 spiro atoms.